The predicted molar refractivity (Wildman–Crippen MR) is 161 cm³/mol. The highest BCUT2D eigenvalue weighted by molar-refractivity contribution is 7.99. The number of hydrogen-bond donors (Lipinski definition) is 0. The highest BCUT2D eigenvalue weighted by Gasteiger charge is 2.36. The summed E-state index contributed by atoms with van der Waals surface area (Å²) in [5, 5.41) is 0. The Balaban J connectivity index is 1.45. The predicted octanol–water partition coefficient (Wildman–Crippen LogP) is 6.66. The van der Waals surface area contributed by atoms with Crippen LogP contribution in [0.1, 0.15) is 66.4 Å². The molecule has 1 saturated carbocycles. The van der Waals surface area contributed by atoms with Crippen molar-refractivity contribution >= 4 is 35.3 Å². The van der Waals surface area contributed by atoms with Crippen LogP contribution in [0, 0.1) is 11.8 Å². The Morgan fingerprint density at radius 1 is 0.881 bits per heavy atom. The van der Waals surface area contributed by atoms with E-state index in [1.54, 1.807) is 23.9 Å². The highest BCUT2D eigenvalue weighted by Crippen LogP contribution is 2.38. The third kappa shape index (κ3) is 7.44. The number of esters is 2. The second-order valence-corrected chi connectivity index (χ2v) is 12.4. The first-order chi connectivity index (χ1) is 20.4. The molecular formula is C33H38N2O6S. The molecule has 1 aliphatic heterocycles. The van der Waals surface area contributed by atoms with Crippen molar-refractivity contribution in [1.82, 2.24) is 4.90 Å². The summed E-state index contributed by atoms with van der Waals surface area (Å²) < 4.78 is 15.6. The maximum absolute atomic E-state index is 14.3. The lowest BCUT2D eigenvalue weighted by Gasteiger charge is -2.40. The molecule has 2 fully saturated rings. The molecule has 2 aromatic carbocycles. The third-order valence-electron chi connectivity index (χ3n) is 8.19. The number of carbonyl (C=O) groups excluding carboxylic acids is 3. The molecule has 0 unspecified atom stereocenters. The Labute approximate surface area is 251 Å². The van der Waals surface area contributed by atoms with Crippen LogP contribution in [0.25, 0.3) is 0 Å². The molecule has 1 amide bonds. The molecule has 3 aromatic rings. The summed E-state index contributed by atoms with van der Waals surface area (Å²) in [4.78, 5) is 46.1. The van der Waals surface area contributed by atoms with Gasteiger partial charge in [0.15, 0.2) is 0 Å². The number of ether oxygens (including phenoxy) is 2. The number of rotatable bonds is 9. The van der Waals surface area contributed by atoms with E-state index in [2.05, 4.69) is 18.9 Å². The number of anilines is 1. The zero-order valence-corrected chi connectivity index (χ0v) is 25.0. The first kappa shape index (κ1) is 29.9. The first-order valence-corrected chi connectivity index (χ1v) is 15.5. The molecule has 0 radical (unpaired) electrons. The van der Waals surface area contributed by atoms with Gasteiger partial charge < -0.3 is 23.7 Å². The van der Waals surface area contributed by atoms with E-state index in [0.717, 1.165) is 61.4 Å². The largest absolute Gasteiger partial charge is 0.457 e. The van der Waals surface area contributed by atoms with Crippen LogP contribution in [-0.4, -0.2) is 55.7 Å². The van der Waals surface area contributed by atoms with Gasteiger partial charge in [-0.2, -0.15) is 0 Å². The van der Waals surface area contributed by atoms with Crippen LogP contribution >= 0.6 is 11.8 Å². The molecule has 0 atom stereocenters. The van der Waals surface area contributed by atoms with Crippen LogP contribution in [0.3, 0.4) is 0 Å². The van der Waals surface area contributed by atoms with Crippen molar-refractivity contribution < 1.29 is 28.3 Å². The van der Waals surface area contributed by atoms with E-state index in [1.165, 1.54) is 12.3 Å². The van der Waals surface area contributed by atoms with Gasteiger partial charge in [0.25, 0.3) is 0 Å². The molecular weight excluding hydrogens is 552 g/mol. The number of amides is 1. The first-order valence-electron chi connectivity index (χ1n) is 14.7. The van der Waals surface area contributed by atoms with Crippen molar-refractivity contribution in [2.24, 2.45) is 11.8 Å². The molecule has 8 nitrogen and oxygen atoms in total. The smallest absolute Gasteiger partial charge is 0.377 e. The maximum Gasteiger partial charge on any atom is 0.377 e. The normalized spacial score (nSPS) is 19.7. The van der Waals surface area contributed by atoms with Crippen molar-refractivity contribution in [3.05, 3.63) is 78.3 Å². The summed E-state index contributed by atoms with van der Waals surface area (Å²) in [5.41, 5.74) is 0.828. The standard InChI is InChI=1S/C33H38N2O6S/c1-23-10-12-24(13-11-23)31(36)35(25-16-18-34(2)19-17-25)29-21-27(42-26-7-4-3-5-8-26)14-15-28(29)32(37)40-22-41-33(38)30-9-6-20-39-30/h3-9,14-15,20-21,23-25H,10-13,16-19,22H2,1-2H3. The Morgan fingerprint density at radius 2 is 1.60 bits per heavy atom. The van der Waals surface area contributed by atoms with E-state index < -0.39 is 18.7 Å². The van der Waals surface area contributed by atoms with Crippen molar-refractivity contribution in [3.63, 3.8) is 0 Å². The van der Waals surface area contributed by atoms with Gasteiger partial charge in [-0.3, -0.25) is 4.79 Å². The second-order valence-electron chi connectivity index (χ2n) is 11.3. The summed E-state index contributed by atoms with van der Waals surface area (Å²) in [7, 11) is 2.09. The van der Waals surface area contributed by atoms with E-state index in [-0.39, 0.29) is 29.2 Å². The van der Waals surface area contributed by atoms with Gasteiger partial charge in [0.2, 0.25) is 18.5 Å². The van der Waals surface area contributed by atoms with Crippen LogP contribution in [0.5, 0.6) is 0 Å². The Hall–Kier alpha value is -3.56. The molecule has 1 aliphatic carbocycles. The molecule has 42 heavy (non-hydrogen) atoms. The van der Waals surface area contributed by atoms with Gasteiger partial charge in [-0.05, 0) is 107 Å². The number of likely N-dealkylation sites (tertiary alicyclic amines) is 1. The van der Waals surface area contributed by atoms with E-state index in [0.29, 0.717) is 11.6 Å². The monoisotopic (exact) mass is 590 g/mol. The Kier molecular flexibility index (Phi) is 10.0. The fourth-order valence-electron chi connectivity index (χ4n) is 5.70. The molecule has 2 heterocycles. The average Bonchev–Trinajstić information content (AvgIpc) is 3.55. The van der Waals surface area contributed by atoms with E-state index in [1.807, 2.05) is 47.4 Å². The fraction of sp³-hybridized carbons (Fsp3) is 0.424. The molecule has 0 spiro atoms. The number of piperidine rings is 1. The van der Waals surface area contributed by atoms with E-state index in [4.69, 9.17) is 13.9 Å². The maximum atomic E-state index is 14.3. The molecule has 222 valence electrons. The average molecular weight is 591 g/mol. The van der Waals surface area contributed by atoms with Gasteiger partial charge in [-0.1, -0.05) is 36.9 Å². The Morgan fingerprint density at radius 3 is 2.29 bits per heavy atom. The minimum absolute atomic E-state index is 0.0230. The minimum Gasteiger partial charge on any atom is -0.457 e. The molecule has 1 saturated heterocycles. The van der Waals surface area contributed by atoms with Crippen molar-refractivity contribution in [1.29, 1.82) is 0 Å². The molecule has 2 aliphatic rings. The zero-order chi connectivity index (χ0) is 29.5. The van der Waals surface area contributed by atoms with Gasteiger partial charge in [0.1, 0.15) is 0 Å². The molecule has 1 aromatic heterocycles. The molecule has 5 rings (SSSR count). The number of carbonyl (C=O) groups is 3. The summed E-state index contributed by atoms with van der Waals surface area (Å²) in [6.07, 6.45) is 6.75. The lowest BCUT2D eigenvalue weighted by molar-refractivity contribution is -0.124. The molecule has 9 heteroatoms. The SMILES string of the molecule is CC1CCC(C(=O)N(c2cc(Sc3ccccc3)ccc2C(=O)OCOC(=O)c2ccco2)C2CCN(C)CC2)CC1. The van der Waals surface area contributed by atoms with E-state index in [9.17, 15) is 14.4 Å². The summed E-state index contributed by atoms with van der Waals surface area (Å²) in [6.45, 7) is 3.42. The van der Waals surface area contributed by atoms with Gasteiger partial charge in [0, 0.05) is 21.8 Å². The van der Waals surface area contributed by atoms with Crippen LogP contribution in [0.2, 0.25) is 0 Å². The number of benzene rings is 2. The van der Waals surface area contributed by atoms with Crippen molar-refractivity contribution in [2.45, 2.75) is 61.3 Å². The fourth-order valence-corrected chi connectivity index (χ4v) is 6.58. The van der Waals surface area contributed by atoms with Crippen LogP contribution in [0.4, 0.5) is 5.69 Å². The highest BCUT2D eigenvalue weighted by atomic mass is 32.2. The van der Waals surface area contributed by atoms with Crippen LogP contribution < -0.4 is 4.90 Å². The van der Waals surface area contributed by atoms with E-state index >= 15 is 0 Å². The summed E-state index contributed by atoms with van der Waals surface area (Å²) >= 11 is 1.58. The summed E-state index contributed by atoms with van der Waals surface area (Å²) in [6, 6.07) is 18.5. The minimum atomic E-state index is -0.725. The van der Waals surface area contributed by atoms with Gasteiger partial charge in [-0.15, -0.1) is 0 Å². The van der Waals surface area contributed by atoms with Crippen LogP contribution in [-0.2, 0) is 14.3 Å². The van der Waals surface area contributed by atoms with Crippen molar-refractivity contribution in [3.8, 4) is 0 Å². The van der Waals surface area contributed by atoms with Gasteiger partial charge in [-0.25, -0.2) is 9.59 Å². The quantitative estimate of drug-likeness (QED) is 0.202. The number of nitrogens with zero attached hydrogens (tertiary/aromatic N) is 2. The molecule has 0 N–H and O–H groups in total. The second kappa shape index (κ2) is 14.1. The van der Waals surface area contributed by atoms with Crippen molar-refractivity contribution in [2.75, 3.05) is 31.8 Å². The zero-order valence-electron chi connectivity index (χ0n) is 24.2. The van der Waals surface area contributed by atoms with Crippen LogP contribution in [0.15, 0.2) is 81.1 Å². The Bertz CT molecular complexity index is 1350. The number of hydrogen-bond acceptors (Lipinski definition) is 8. The number of furan rings is 1. The lowest BCUT2D eigenvalue weighted by atomic mass is 9.81. The van der Waals surface area contributed by atoms with Gasteiger partial charge >= 0.3 is 11.9 Å². The van der Waals surface area contributed by atoms with Gasteiger partial charge in [0.05, 0.1) is 17.5 Å². The third-order valence-corrected chi connectivity index (χ3v) is 9.18. The topological polar surface area (TPSA) is 89.3 Å². The summed E-state index contributed by atoms with van der Waals surface area (Å²) in [5.74, 6) is -0.740. The lowest BCUT2D eigenvalue weighted by Crippen LogP contribution is -2.49. The molecule has 0 bridgehead atoms.